The third-order valence-electron chi connectivity index (χ3n) is 5.52. The number of benzene rings is 3. The van der Waals surface area contributed by atoms with Crippen molar-refractivity contribution >= 4 is 17.7 Å². The summed E-state index contributed by atoms with van der Waals surface area (Å²) in [5.74, 6) is 1.20. The summed E-state index contributed by atoms with van der Waals surface area (Å²) in [6.07, 6.45) is 5.51. The molecule has 0 radical (unpaired) electrons. The average Bonchev–Trinajstić information content (AvgIpc) is 3.41. The first-order chi connectivity index (χ1) is 16.7. The number of amides is 1. The van der Waals surface area contributed by atoms with Crippen molar-refractivity contribution in [2.75, 3.05) is 24.7 Å². The minimum absolute atomic E-state index is 0.124. The predicted octanol–water partition coefficient (Wildman–Crippen LogP) is 4.10. The standard InChI is InChI=1S/C26H23N5O3/c1-19-16-21(9-11-23(19)31-18-27-28-29-31)26(32)30(13-5-8-20-6-3-2-4-7-20)22-10-12-24-25(17-22)34-15-14-33-24/h2-12,16-18H,13-15H2,1H3/b8-5+. The Labute approximate surface area is 197 Å². The Hall–Kier alpha value is -4.46. The molecule has 34 heavy (non-hydrogen) atoms. The lowest BCUT2D eigenvalue weighted by Gasteiger charge is -2.25. The van der Waals surface area contributed by atoms with Crippen LogP contribution < -0.4 is 14.4 Å². The van der Waals surface area contributed by atoms with Crippen LogP contribution >= 0.6 is 0 Å². The Morgan fingerprint density at radius 2 is 1.85 bits per heavy atom. The van der Waals surface area contributed by atoms with Crippen LogP contribution in [-0.2, 0) is 0 Å². The highest BCUT2D eigenvalue weighted by Crippen LogP contribution is 2.34. The molecule has 0 N–H and O–H groups in total. The first-order valence-corrected chi connectivity index (χ1v) is 11.0. The van der Waals surface area contributed by atoms with Gasteiger partial charge in [0.05, 0.1) is 5.69 Å². The maximum Gasteiger partial charge on any atom is 0.258 e. The van der Waals surface area contributed by atoms with E-state index in [0.29, 0.717) is 36.8 Å². The SMILES string of the molecule is Cc1cc(C(=O)N(C/C=C/c2ccccc2)c2ccc3c(c2)OCCO3)ccc1-n1cnnn1. The molecule has 170 valence electrons. The Morgan fingerprint density at radius 1 is 1.03 bits per heavy atom. The van der Waals surface area contributed by atoms with Gasteiger partial charge in [0, 0.05) is 23.9 Å². The second-order valence-corrected chi connectivity index (χ2v) is 7.81. The van der Waals surface area contributed by atoms with Crippen molar-refractivity contribution in [2.45, 2.75) is 6.92 Å². The molecule has 0 atom stereocenters. The summed E-state index contributed by atoms with van der Waals surface area (Å²) in [4.78, 5) is 15.4. The zero-order valence-corrected chi connectivity index (χ0v) is 18.7. The maximum atomic E-state index is 13.7. The molecule has 8 heteroatoms. The third kappa shape index (κ3) is 4.52. The predicted molar refractivity (Wildman–Crippen MR) is 128 cm³/mol. The van der Waals surface area contributed by atoms with Gasteiger partial charge >= 0.3 is 0 Å². The molecule has 0 aliphatic carbocycles. The van der Waals surface area contributed by atoms with Gasteiger partial charge in [0.25, 0.3) is 5.91 Å². The van der Waals surface area contributed by atoms with Crippen LogP contribution in [0.15, 0.2) is 79.1 Å². The van der Waals surface area contributed by atoms with Gasteiger partial charge in [-0.3, -0.25) is 4.79 Å². The summed E-state index contributed by atoms with van der Waals surface area (Å²) >= 11 is 0. The van der Waals surface area contributed by atoms with E-state index in [1.165, 1.54) is 6.33 Å². The van der Waals surface area contributed by atoms with Gasteiger partial charge in [-0.05, 0) is 58.8 Å². The van der Waals surface area contributed by atoms with E-state index in [2.05, 4.69) is 15.5 Å². The molecule has 0 unspecified atom stereocenters. The molecule has 1 aliphatic heterocycles. The lowest BCUT2D eigenvalue weighted by molar-refractivity contribution is 0.0989. The number of aryl methyl sites for hydroxylation is 1. The second-order valence-electron chi connectivity index (χ2n) is 7.81. The number of ether oxygens (including phenoxy) is 2. The third-order valence-corrected chi connectivity index (χ3v) is 5.52. The molecule has 0 saturated heterocycles. The number of tetrazole rings is 1. The van der Waals surface area contributed by atoms with Crippen molar-refractivity contribution in [2.24, 2.45) is 0 Å². The van der Waals surface area contributed by atoms with Crippen molar-refractivity contribution in [3.63, 3.8) is 0 Å². The van der Waals surface area contributed by atoms with Crippen LogP contribution in [0, 0.1) is 6.92 Å². The smallest absolute Gasteiger partial charge is 0.258 e. The molecule has 5 rings (SSSR count). The van der Waals surface area contributed by atoms with Crippen molar-refractivity contribution in [1.82, 2.24) is 20.2 Å². The normalized spacial score (nSPS) is 12.6. The van der Waals surface area contributed by atoms with E-state index in [4.69, 9.17) is 9.47 Å². The second kappa shape index (κ2) is 9.58. The molecule has 0 fully saturated rings. The zero-order valence-electron chi connectivity index (χ0n) is 18.7. The summed E-state index contributed by atoms with van der Waals surface area (Å²) in [5.41, 5.74) is 4.07. The lowest BCUT2D eigenvalue weighted by atomic mass is 10.1. The summed E-state index contributed by atoms with van der Waals surface area (Å²) in [6, 6.07) is 21.1. The van der Waals surface area contributed by atoms with Crippen molar-refractivity contribution in [3.8, 4) is 17.2 Å². The molecule has 0 spiro atoms. The van der Waals surface area contributed by atoms with Gasteiger partial charge in [-0.25, -0.2) is 4.68 Å². The number of carbonyl (C=O) groups excluding carboxylic acids is 1. The number of aromatic nitrogens is 4. The van der Waals surface area contributed by atoms with Gasteiger partial charge in [0.1, 0.15) is 19.5 Å². The highest BCUT2D eigenvalue weighted by molar-refractivity contribution is 6.06. The molecule has 1 amide bonds. The first-order valence-electron chi connectivity index (χ1n) is 11.0. The van der Waals surface area contributed by atoms with Gasteiger partial charge in [-0.15, -0.1) is 5.10 Å². The van der Waals surface area contributed by atoms with Gasteiger partial charge in [0.15, 0.2) is 11.5 Å². The number of hydrogen-bond donors (Lipinski definition) is 0. The Morgan fingerprint density at radius 3 is 2.62 bits per heavy atom. The van der Waals surface area contributed by atoms with Gasteiger partial charge in [-0.1, -0.05) is 42.5 Å². The van der Waals surface area contributed by atoms with Crippen LogP contribution in [0.4, 0.5) is 5.69 Å². The van der Waals surface area contributed by atoms with Gasteiger partial charge < -0.3 is 14.4 Å². The van der Waals surface area contributed by atoms with Crippen LogP contribution in [0.3, 0.4) is 0 Å². The molecule has 4 aromatic rings. The van der Waals surface area contributed by atoms with Crippen LogP contribution in [0.5, 0.6) is 11.5 Å². The Kier molecular flexibility index (Phi) is 6.03. The largest absolute Gasteiger partial charge is 0.486 e. The fraction of sp³-hybridized carbons (Fsp3) is 0.154. The number of hydrogen-bond acceptors (Lipinski definition) is 6. The van der Waals surface area contributed by atoms with Crippen LogP contribution in [-0.4, -0.2) is 45.9 Å². The lowest BCUT2D eigenvalue weighted by Crippen LogP contribution is -2.31. The summed E-state index contributed by atoms with van der Waals surface area (Å²) in [7, 11) is 0. The van der Waals surface area contributed by atoms with E-state index in [1.807, 2.05) is 79.7 Å². The van der Waals surface area contributed by atoms with Crippen LogP contribution in [0.25, 0.3) is 11.8 Å². The molecule has 3 aromatic carbocycles. The highest BCUT2D eigenvalue weighted by Gasteiger charge is 2.21. The minimum atomic E-state index is -0.124. The highest BCUT2D eigenvalue weighted by atomic mass is 16.6. The molecular formula is C26H23N5O3. The monoisotopic (exact) mass is 453 g/mol. The van der Waals surface area contributed by atoms with Crippen molar-refractivity contribution in [3.05, 3.63) is 95.8 Å². The number of rotatable bonds is 6. The Balaban J connectivity index is 1.46. The molecule has 0 bridgehead atoms. The summed E-state index contributed by atoms with van der Waals surface area (Å²) < 4.78 is 13.0. The molecular weight excluding hydrogens is 430 g/mol. The van der Waals surface area contributed by atoms with E-state index >= 15 is 0 Å². The molecule has 8 nitrogen and oxygen atoms in total. The molecule has 1 aromatic heterocycles. The summed E-state index contributed by atoms with van der Waals surface area (Å²) in [6.45, 7) is 3.32. The molecule has 2 heterocycles. The van der Waals surface area contributed by atoms with E-state index in [-0.39, 0.29) is 5.91 Å². The molecule has 0 saturated carbocycles. The number of nitrogens with zero attached hydrogens (tertiary/aromatic N) is 5. The fourth-order valence-electron chi connectivity index (χ4n) is 3.84. The maximum absolute atomic E-state index is 13.7. The fourth-order valence-corrected chi connectivity index (χ4v) is 3.84. The summed E-state index contributed by atoms with van der Waals surface area (Å²) in [5, 5.41) is 11.3. The number of anilines is 1. The van der Waals surface area contributed by atoms with Crippen LogP contribution in [0.1, 0.15) is 21.5 Å². The zero-order chi connectivity index (χ0) is 23.3. The first kappa shape index (κ1) is 21.4. The van der Waals surface area contributed by atoms with E-state index in [0.717, 1.165) is 22.5 Å². The van der Waals surface area contributed by atoms with Crippen LogP contribution in [0.2, 0.25) is 0 Å². The van der Waals surface area contributed by atoms with Crippen molar-refractivity contribution < 1.29 is 14.3 Å². The topological polar surface area (TPSA) is 82.4 Å². The Bertz CT molecular complexity index is 1320. The minimum Gasteiger partial charge on any atom is -0.486 e. The molecule has 1 aliphatic rings. The number of fused-ring (bicyclic) bond motifs is 1. The van der Waals surface area contributed by atoms with E-state index in [9.17, 15) is 4.79 Å². The van der Waals surface area contributed by atoms with E-state index in [1.54, 1.807) is 15.6 Å². The van der Waals surface area contributed by atoms with Gasteiger partial charge in [-0.2, -0.15) is 0 Å². The average molecular weight is 454 g/mol. The number of carbonyl (C=O) groups is 1. The van der Waals surface area contributed by atoms with Crippen molar-refractivity contribution in [1.29, 1.82) is 0 Å². The van der Waals surface area contributed by atoms with E-state index < -0.39 is 0 Å². The van der Waals surface area contributed by atoms with Gasteiger partial charge in [0.2, 0.25) is 0 Å². The quantitative estimate of drug-likeness (QED) is 0.437.